The van der Waals surface area contributed by atoms with E-state index in [0.717, 1.165) is 24.3 Å². The molecule has 0 amide bonds. The van der Waals surface area contributed by atoms with Crippen molar-refractivity contribution in [1.29, 1.82) is 0 Å². The van der Waals surface area contributed by atoms with E-state index in [1.54, 1.807) is 42.5 Å². The Morgan fingerprint density at radius 2 is 1.10 bits per heavy atom. The first-order valence-electron chi connectivity index (χ1n) is 11.7. The first-order valence-corrected chi connectivity index (χ1v) is 11.7. The van der Waals surface area contributed by atoms with Crippen LogP contribution in [0.5, 0.6) is 5.75 Å². The van der Waals surface area contributed by atoms with Gasteiger partial charge in [0.2, 0.25) is 0 Å². The van der Waals surface area contributed by atoms with Gasteiger partial charge < -0.3 is 4.74 Å². The number of alkyl halides is 3. The fourth-order valence-electron chi connectivity index (χ4n) is 4.93. The zero-order valence-electron chi connectivity index (χ0n) is 19.7. The number of rotatable bonds is 3. The Bertz CT molecular complexity index is 1910. The van der Waals surface area contributed by atoms with Gasteiger partial charge in [-0.1, -0.05) is 42.5 Å². The van der Waals surface area contributed by atoms with E-state index in [1.807, 2.05) is 0 Å². The van der Waals surface area contributed by atoms with Crippen molar-refractivity contribution in [3.05, 3.63) is 114 Å². The number of fused-ring (bicyclic) bond motifs is 3. The Labute approximate surface area is 216 Å². The molecule has 194 valence electrons. The molecule has 0 radical (unpaired) electrons. The SMILES string of the molecule is Fc1cc2ccc(-c3c4cc(F)c(F)cc4cc4c(-c5ccc(OC(F)(F)F)cc5)cccc34)cc2cc1F. The average Bonchev–Trinajstić information content (AvgIpc) is 2.88. The third-order valence-electron chi connectivity index (χ3n) is 6.60. The highest BCUT2D eigenvalue weighted by Gasteiger charge is 2.31. The minimum absolute atomic E-state index is 0.380. The molecule has 0 aliphatic rings. The van der Waals surface area contributed by atoms with Gasteiger partial charge in [-0.3, -0.25) is 0 Å². The Morgan fingerprint density at radius 3 is 1.79 bits per heavy atom. The van der Waals surface area contributed by atoms with Crippen LogP contribution in [-0.4, -0.2) is 6.36 Å². The Morgan fingerprint density at radius 1 is 0.487 bits per heavy atom. The van der Waals surface area contributed by atoms with Crippen molar-refractivity contribution in [2.24, 2.45) is 0 Å². The summed E-state index contributed by atoms with van der Waals surface area (Å²) in [5, 5.41) is 2.92. The van der Waals surface area contributed by atoms with Crippen molar-refractivity contribution in [3.63, 3.8) is 0 Å². The van der Waals surface area contributed by atoms with Crippen LogP contribution in [0.4, 0.5) is 30.7 Å². The van der Waals surface area contributed by atoms with Crippen molar-refractivity contribution in [3.8, 4) is 28.0 Å². The topological polar surface area (TPSA) is 9.23 Å². The fraction of sp³-hybridized carbons (Fsp3) is 0.0323. The quantitative estimate of drug-likeness (QED) is 0.162. The van der Waals surface area contributed by atoms with Gasteiger partial charge in [-0.15, -0.1) is 13.2 Å². The zero-order chi connectivity index (χ0) is 27.5. The summed E-state index contributed by atoms with van der Waals surface area (Å²) in [6, 6.07) is 21.5. The lowest BCUT2D eigenvalue weighted by atomic mass is 9.88. The highest BCUT2D eigenvalue weighted by Crippen LogP contribution is 2.42. The lowest BCUT2D eigenvalue weighted by Crippen LogP contribution is -2.16. The van der Waals surface area contributed by atoms with Gasteiger partial charge in [0.05, 0.1) is 0 Å². The maximum atomic E-state index is 14.4. The monoisotopic (exact) mass is 536 g/mol. The number of hydrogen-bond acceptors (Lipinski definition) is 1. The van der Waals surface area contributed by atoms with Crippen molar-refractivity contribution in [2.75, 3.05) is 0 Å². The number of benzene rings is 6. The molecule has 6 aromatic rings. The second kappa shape index (κ2) is 9.01. The largest absolute Gasteiger partial charge is 0.573 e. The predicted octanol–water partition coefficient (Wildman–Crippen LogP) is 9.94. The maximum absolute atomic E-state index is 14.4. The summed E-state index contributed by atoms with van der Waals surface area (Å²) in [6.07, 6.45) is -4.83. The molecule has 0 aromatic heterocycles. The average molecular weight is 536 g/mol. The molecule has 0 fully saturated rings. The van der Waals surface area contributed by atoms with E-state index in [2.05, 4.69) is 4.74 Å². The van der Waals surface area contributed by atoms with Gasteiger partial charge in [-0.05, 0) is 103 Å². The summed E-state index contributed by atoms with van der Waals surface area (Å²) in [5.74, 6) is -4.48. The van der Waals surface area contributed by atoms with Crippen LogP contribution in [0.25, 0.3) is 54.6 Å². The molecule has 0 saturated heterocycles. The zero-order valence-corrected chi connectivity index (χ0v) is 19.7. The number of ether oxygens (including phenoxy) is 1. The molecule has 0 heterocycles. The predicted molar refractivity (Wildman–Crippen MR) is 136 cm³/mol. The Hall–Kier alpha value is -4.59. The Kier molecular flexibility index (Phi) is 5.71. The standard InChI is InChI=1S/C31H15F7O/c32-26-12-17-4-5-18(10-19(17)13-27(26)33)30-23-3-1-2-22(16-6-8-21(9-7-16)39-31(36,37)38)25(23)11-20-14-28(34)29(35)15-24(20)30/h1-15H. The normalized spacial score (nSPS) is 12.0. The number of hydrogen-bond donors (Lipinski definition) is 0. The van der Waals surface area contributed by atoms with E-state index in [-0.39, 0.29) is 5.75 Å². The first kappa shape index (κ1) is 24.7. The molecule has 0 unspecified atom stereocenters. The number of halogens is 7. The van der Waals surface area contributed by atoms with Crippen LogP contribution in [0.3, 0.4) is 0 Å². The second-order valence-corrected chi connectivity index (χ2v) is 9.04. The molecule has 0 aliphatic heterocycles. The van der Waals surface area contributed by atoms with Gasteiger partial charge in [0.15, 0.2) is 23.3 Å². The van der Waals surface area contributed by atoms with E-state index < -0.39 is 29.6 Å². The van der Waals surface area contributed by atoms with Gasteiger partial charge in [-0.25, -0.2) is 17.6 Å². The van der Waals surface area contributed by atoms with E-state index in [1.165, 1.54) is 24.3 Å². The van der Waals surface area contributed by atoms with E-state index in [0.29, 0.717) is 54.6 Å². The maximum Gasteiger partial charge on any atom is 0.573 e. The molecule has 0 bridgehead atoms. The third-order valence-corrected chi connectivity index (χ3v) is 6.60. The molecule has 6 rings (SSSR count). The molecule has 0 spiro atoms. The van der Waals surface area contributed by atoms with Gasteiger partial charge >= 0.3 is 6.36 Å². The summed E-state index contributed by atoms with van der Waals surface area (Å²) in [6.45, 7) is 0. The molecule has 6 aromatic carbocycles. The van der Waals surface area contributed by atoms with Gasteiger partial charge in [0.25, 0.3) is 0 Å². The highest BCUT2D eigenvalue weighted by molar-refractivity contribution is 6.16. The van der Waals surface area contributed by atoms with Crippen molar-refractivity contribution < 1.29 is 35.5 Å². The molecule has 39 heavy (non-hydrogen) atoms. The molecule has 0 atom stereocenters. The third kappa shape index (κ3) is 4.52. The van der Waals surface area contributed by atoms with Crippen LogP contribution < -0.4 is 4.74 Å². The van der Waals surface area contributed by atoms with E-state index in [4.69, 9.17) is 0 Å². The van der Waals surface area contributed by atoms with Gasteiger partial charge in [0, 0.05) is 0 Å². The van der Waals surface area contributed by atoms with Crippen molar-refractivity contribution in [2.45, 2.75) is 6.36 Å². The second-order valence-electron chi connectivity index (χ2n) is 9.04. The van der Waals surface area contributed by atoms with Gasteiger partial charge in [0.1, 0.15) is 5.75 Å². The van der Waals surface area contributed by atoms with Crippen LogP contribution in [-0.2, 0) is 0 Å². The lowest BCUT2D eigenvalue weighted by Gasteiger charge is -2.16. The van der Waals surface area contributed by atoms with Crippen LogP contribution >= 0.6 is 0 Å². The van der Waals surface area contributed by atoms with Crippen molar-refractivity contribution >= 4 is 32.3 Å². The molecule has 8 heteroatoms. The smallest absolute Gasteiger partial charge is 0.406 e. The minimum Gasteiger partial charge on any atom is -0.406 e. The molecule has 0 saturated carbocycles. The molecule has 0 N–H and O–H groups in total. The van der Waals surface area contributed by atoms with Crippen LogP contribution in [0.2, 0.25) is 0 Å². The minimum atomic E-state index is -4.83. The molecule has 0 aliphatic carbocycles. The summed E-state index contributed by atoms with van der Waals surface area (Å²) in [7, 11) is 0. The highest BCUT2D eigenvalue weighted by atomic mass is 19.4. The van der Waals surface area contributed by atoms with E-state index in [9.17, 15) is 30.7 Å². The molecule has 1 nitrogen and oxygen atoms in total. The lowest BCUT2D eigenvalue weighted by molar-refractivity contribution is -0.274. The summed E-state index contributed by atoms with van der Waals surface area (Å²) >= 11 is 0. The van der Waals surface area contributed by atoms with Gasteiger partial charge in [-0.2, -0.15) is 0 Å². The van der Waals surface area contributed by atoms with Crippen LogP contribution in [0, 0.1) is 23.3 Å². The molecular formula is C31H15F7O. The molecular weight excluding hydrogens is 521 g/mol. The van der Waals surface area contributed by atoms with E-state index >= 15 is 0 Å². The summed E-state index contributed by atoms with van der Waals surface area (Å²) < 4.78 is 98.3. The summed E-state index contributed by atoms with van der Waals surface area (Å²) in [5.41, 5.74) is 2.29. The summed E-state index contributed by atoms with van der Waals surface area (Å²) in [4.78, 5) is 0. The fourth-order valence-corrected chi connectivity index (χ4v) is 4.93. The first-order chi connectivity index (χ1) is 18.6. The van der Waals surface area contributed by atoms with Crippen molar-refractivity contribution in [1.82, 2.24) is 0 Å². The van der Waals surface area contributed by atoms with Crippen LogP contribution in [0.15, 0.2) is 91.0 Å². The Balaban J connectivity index is 1.62. The van der Waals surface area contributed by atoms with Crippen LogP contribution in [0.1, 0.15) is 0 Å².